The zero-order valence-electron chi connectivity index (χ0n) is 13.9. The lowest BCUT2D eigenvalue weighted by Gasteiger charge is -2.12. The van der Waals surface area contributed by atoms with E-state index < -0.39 is 18.0 Å². The van der Waals surface area contributed by atoms with Gasteiger partial charge in [0.05, 0.1) is 0 Å². The van der Waals surface area contributed by atoms with E-state index in [1.54, 1.807) is 48.5 Å². The highest BCUT2D eigenvalue weighted by molar-refractivity contribution is 6.30. The molecular weight excluding hydrogens is 358 g/mol. The van der Waals surface area contributed by atoms with Gasteiger partial charge in [-0.05, 0) is 42.8 Å². The van der Waals surface area contributed by atoms with Gasteiger partial charge in [0.25, 0.3) is 5.91 Å². The van der Waals surface area contributed by atoms with Crippen LogP contribution in [0.5, 0.6) is 11.5 Å². The zero-order valence-corrected chi connectivity index (χ0v) is 14.7. The van der Waals surface area contributed by atoms with E-state index in [1.807, 2.05) is 0 Å². The van der Waals surface area contributed by atoms with Crippen LogP contribution in [0.15, 0.2) is 48.5 Å². The normalized spacial score (nSPS) is 13.5. The summed E-state index contributed by atoms with van der Waals surface area (Å²) < 4.78 is 15.6. The molecule has 3 rings (SSSR count). The van der Waals surface area contributed by atoms with E-state index >= 15 is 0 Å². The Bertz CT molecular complexity index is 848. The van der Waals surface area contributed by atoms with Crippen LogP contribution in [0, 0.1) is 0 Å². The zero-order chi connectivity index (χ0) is 18.5. The van der Waals surface area contributed by atoms with Gasteiger partial charge >= 0.3 is 5.97 Å². The molecule has 134 valence electrons. The van der Waals surface area contributed by atoms with E-state index in [4.69, 9.17) is 25.8 Å². The van der Waals surface area contributed by atoms with Gasteiger partial charge in [-0.2, -0.15) is 0 Å². The number of carbonyl (C=O) groups excluding carboxylic acids is 2. The molecule has 0 saturated heterocycles. The van der Waals surface area contributed by atoms with Crippen molar-refractivity contribution in [3.05, 3.63) is 59.1 Å². The molecule has 0 radical (unpaired) electrons. The number of benzene rings is 2. The number of fused-ring (bicyclic) bond motifs is 1. The van der Waals surface area contributed by atoms with Crippen LogP contribution in [0.3, 0.4) is 0 Å². The van der Waals surface area contributed by atoms with Crippen LogP contribution in [-0.4, -0.2) is 24.8 Å². The second kappa shape index (κ2) is 7.93. The summed E-state index contributed by atoms with van der Waals surface area (Å²) in [5, 5.41) is 3.28. The minimum atomic E-state index is -0.956. The molecular formula is C19H16ClNO5. The monoisotopic (exact) mass is 373 g/mol. The molecule has 0 aromatic heterocycles. The first kappa shape index (κ1) is 17.8. The summed E-state index contributed by atoms with van der Waals surface area (Å²) in [6.07, 6.45) is 1.89. The molecule has 1 N–H and O–H groups in total. The number of carbonyl (C=O) groups is 2. The molecule has 2 aromatic carbocycles. The fourth-order valence-corrected chi connectivity index (χ4v) is 2.35. The summed E-state index contributed by atoms with van der Waals surface area (Å²) in [6, 6.07) is 12.0. The molecule has 1 aliphatic heterocycles. The predicted molar refractivity (Wildman–Crippen MR) is 97.2 cm³/mol. The Labute approximate surface area is 155 Å². The molecule has 2 aromatic rings. The van der Waals surface area contributed by atoms with Crippen LogP contribution in [0.1, 0.15) is 12.5 Å². The summed E-state index contributed by atoms with van der Waals surface area (Å²) in [7, 11) is 0. The Balaban J connectivity index is 1.53. The molecule has 26 heavy (non-hydrogen) atoms. The van der Waals surface area contributed by atoms with Crippen molar-refractivity contribution in [2.24, 2.45) is 0 Å². The smallest absolute Gasteiger partial charge is 0.331 e. The van der Waals surface area contributed by atoms with Gasteiger partial charge in [0.2, 0.25) is 6.79 Å². The summed E-state index contributed by atoms with van der Waals surface area (Å²) in [5.41, 5.74) is 1.32. The topological polar surface area (TPSA) is 73.9 Å². The number of nitrogens with one attached hydrogen (secondary N) is 1. The molecule has 1 amide bonds. The van der Waals surface area contributed by atoms with Crippen LogP contribution in [0.4, 0.5) is 5.69 Å². The van der Waals surface area contributed by atoms with Crippen molar-refractivity contribution in [2.45, 2.75) is 13.0 Å². The molecule has 1 aliphatic rings. The minimum absolute atomic E-state index is 0.153. The molecule has 0 spiro atoms. The van der Waals surface area contributed by atoms with E-state index in [-0.39, 0.29) is 6.79 Å². The summed E-state index contributed by atoms with van der Waals surface area (Å²) in [6.45, 7) is 1.65. The maximum absolute atomic E-state index is 12.2. The first-order chi connectivity index (χ1) is 12.5. The first-order valence-electron chi connectivity index (χ1n) is 7.86. The molecule has 1 atom stereocenters. The highest BCUT2D eigenvalue weighted by Crippen LogP contribution is 2.34. The predicted octanol–water partition coefficient (Wildman–Crippen LogP) is 3.65. The van der Waals surface area contributed by atoms with E-state index in [0.29, 0.717) is 22.2 Å². The van der Waals surface area contributed by atoms with Crippen LogP contribution in [-0.2, 0) is 14.3 Å². The van der Waals surface area contributed by atoms with Gasteiger partial charge in [-0.15, -0.1) is 0 Å². The van der Waals surface area contributed by atoms with E-state index in [9.17, 15) is 9.59 Å². The molecule has 0 fully saturated rings. The molecule has 0 bridgehead atoms. The van der Waals surface area contributed by atoms with Crippen LogP contribution in [0.25, 0.3) is 6.08 Å². The van der Waals surface area contributed by atoms with Crippen molar-refractivity contribution in [1.82, 2.24) is 0 Å². The lowest BCUT2D eigenvalue weighted by Crippen LogP contribution is -2.29. The molecule has 0 saturated carbocycles. The standard InChI is InChI=1S/C19H16ClNO5/c1-12(26-18(22)9-4-13-2-5-14(20)6-3-13)19(23)21-15-7-8-16-17(10-15)25-11-24-16/h2-10,12H,11H2,1H3,(H,21,23)/b9-4+/t12-/m0/s1. The number of esters is 1. The Morgan fingerprint density at radius 3 is 2.65 bits per heavy atom. The van der Waals surface area contributed by atoms with Gasteiger partial charge in [0, 0.05) is 22.9 Å². The number of hydrogen-bond acceptors (Lipinski definition) is 5. The van der Waals surface area contributed by atoms with E-state index in [0.717, 1.165) is 5.56 Å². The largest absolute Gasteiger partial charge is 0.454 e. The fraction of sp³-hybridized carbons (Fsp3) is 0.158. The molecule has 7 heteroatoms. The maximum Gasteiger partial charge on any atom is 0.331 e. The second-order valence-corrected chi connectivity index (χ2v) is 5.96. The first-order valence-corrected chi connectivity index (χ1v) is 8.24. The minimum Gasteiger partial charge on any atom is -0.454 e. The number of rotatable bonds is 5. The van der Waals surface area contributed by atoms with Crippen molar-refractivity contribution < 1.29 is 23.8 Å². The van der Waals surface area contributed by atoms with Crippen molar-refractivity contribution >= 4 is 35.2 Å². The lowest BCUT2D eigenvalue weighted by atomic mass is 10.2. The Hall–Kier alpha value is -2.99. The third-order valence-electron chi connectivity index (χ3n) is 3.58. The number of hydrogen-bond donors (Lipinski definition) is 1. The Morgan fingerprint density at radius 2 is 1.88 bits per heavy atom. The highest BCUT2D eigenvalue weighted by atomic mass is 35.5. The average Bonchev–Trinajstić information content (AvgIpc) is 3.09. The molecule has 1 heterocycles. The fourth-order valence-electron chi connectivity index (χ4n) is 2.22. The van der Waals surface area contributed by atoms with Crippen molar-refractivity contribution in [3.8, 4) is 11.5 Å². The van der Waals surface area contributed by atoms with E-state index in [1.165, 1.54) is 13.0 Å². The van der Waals surface area contributed by atoms with Crippen molar-refractivity contribution in [1.29, 1.82) is 0 Å². The van der Waals surface area contributed by atoms with Crippen molar-refractivity contribution in [3.63, 3.8) is 0 Å². The van der Waals surface area contributed by atoms with Gasteiger partial charge in [-0.3, -0.25) is 4.79 Å². The number of halogens is 1. The third kappa shape index (κ3) is 4.55. The SMILES string of the molecule is C[C@H](OC(=O)/C=C/c1ccc(Cl)cc1)C(=O)Nc1ccc2c(c1)OCO2. The Morgan fingerprint density at radius 1 is 1.15 bits per heavy atom. The van der Waals surface area contributed by atoms with Gasteiger partial charge < -0.3 is 19.5 Å². The number of anilines is 1. The van der Waals surface area contributed by atoms with Gasteiger partial charge in [0.1, 0.15) is 0 Å². The van der Waals surface area contributed by atoms with Gasteiger partial charge in [-0.1, -0.05) is 23.7 Å². The summed E-state index contributed by atoms with van der Waals surface area (Å²) >= 11 is 5.80. The summed E-state index contributed by atoms with van der Waals surface area (Å²) in [5.74, 6) is 0.110. The van der Waals surface area contributed by atoms with Crippen LogP contribution < -0.4 is 14.8 Å². The Kier molecular flexibility index (Phi) is 5.43. The maximum atomic E-state index is 12.2. The quantitative estimate of drug-likeness (QED) is 0.639. The van der Waals surface area contributed by atoms with Crippen LogP contribution >= 0.6 is 11.6 Å². The third-order valence-corrected chi connectivity index (χ3v) is 3.84. The van der Waals surface area contributed by atoms with Gasteiger partial charge in [0.15, 0.2) is 17.6 Å². The summed E-state index contributed by atoms with van der Waals surface area (Å²) in [4.78, 5) is 24.0. The highest BCUT2D eigenvalue weighted by Gasteiger charge is 2.19. The second-order valence-electron chi connectivity index (χ2n) is 5.52. The molecule has 0 aliphatic carbocycles. The lowest BCUT2D eigenvalue weighted by molar-refractivity contribution is -0.148. The van der Waals surface area contributed by atoms with Gasteiger partial charge in [-0.25, -0.2) is 4.79 Å². The van der Waals surface area contributed by atoms with Crippen LogP contribution in [0.2, 0.25) is 5.02 Å². The molecule has 0 unspecified atom stereocenters. The average molecular weight is 374 g/mol. The van der Waals surface area contributed by atoms with E-state index in [2.05, 4.69) is 5.32 Å². The number of ether oxygens (including phenoxy) is 3. The van der Waals surface area contributed by atoms with Crippen molar-refractivity contribution in [2.75, 3.05) is 12.1 Å². The molecule has 6 nitrogen and oxygen atoms in total. The number of amides is 1.